The number of nitrogens with zero attached hydrogens (tertiary/aromatic N) is 2. The summed E-state index contributed by atoms with van der Waals surface area (Å²) in [5.41, 5.74) is 7.08. The molecule has 17 heavy (non-hydrogen) atoms. The quantitative estimate of drug-likeness (QED) is 0.894. The van der Waals surface area contributed by atoms with Gasteiger partial charge < -0.3 is 10.3 Å². The molecule has 0 unspecified atom stereocenters. The molecule has 0 aliphatic rings. The van der Waals surface area contributed by atoms with Gasteiger partial charge in [0.05, 0.1) is 28.8 Å². The lowest BCUT2D eigenvalue weighted by Crippen LogP contribution is -2.31. The van der Waals surface area contributed by atoms with E-state index in [4.69, 9.17) is 17.3 Å². The second kappa shape index (κ2) is 4.13. The zero-order chi connectivity index (χ0) is 12.6. The molecule has 2 N–H and O–H groups in total. The van der Waals surface area contributed by atoms with Gasteiger partial charge in [0, 0.05) is 5.69 Å². The first-order chi connectivity index (χ1) is 7.89. The largest absolute Gasteiger partial charge is 0.321 e. The molecule has 0 spiro atoms. The van der Waals surface area contributed by atoms with E-state index in [-0.39, 0.29) is 5.02 Å². The van der Waals surface area contributed by atoms with Gasteiger partial charge in [-0.3, -0.25) is 0 Å². The summed E-state index contributed by atoms with van der Waals surface area (Å²) in [6.45, 7) is 3.76. The normalized spacial score (nSPS) is 11.8. The maximum absolute atomic E-state index is 13.1. The maximum Gasteiger partial charge on any atom is 0.141 e. The number of rotatable bonds is 2. The highest BCUT2D eigenvalue weighted by Crippen LogP contribution is 2.23. The second-order valence-corrected chi connectivity index (χ2v) is 4.88. The van der Waals surface area contributed by atoms with Crippen LogP contribution < -0.4 is 5.73 Å². The molecule has 2 aromatic rings. The molecule has 2 rings (SSSR count). The van der Waals surface area contributed by atoms with Crippen LogP contribution in [0.1, 0.15) is 19.5 Å². The van der Waals surface area contributed by atoms with Gasteiger partial charge in [-0.1, -0.05) is 11.6 Å². The van der Waals surface area contributed by atoms with Gasteiger partial charge in [-0.05, 0) is 32.0 Å². The second-order valence-electron chi connectivity index (χ2n) is 4.47. The number of halogens is 2. The van der Waals surface area contributed by atoms with Gasteiger partial charge in [-0.25, -0.2) is 9.37 Å². The van der Waals surface area contributed by atoms with Gasteiger partial charge in [-0.15, -0.1) is 0 Å². The predicted octanol–water partition coefficient (Wildman–Crippen LogP) is 2.86. The van der Waals surface area contributed by atoms with Crippen molar-refractivity contribution in [2.24, 2.45) is 5.73 Å². The van der Waals surface area contributed by atoms with Crippen molar-refractivity contribution >= 4 is 11.6 Å². The van der Waals surface area contributed by atoms with Crippen molar-refractivity contribution in [3.05, 3.63) is 47.3 Å². The highest BCUT2D eigenvalue weighted by Gasteiger charge is 2.20. The number of imidazole rings is 1. The SMILES string of the molecule is CC(C)(N)c1cncn1-c1ccc(F)c(Cl)c1. The van der Waals surface area contributed by atoms with Crippen molar-refractivity contribution < 1.29 is 4.39 Å². The minimum absolute atomic E-state index is 0.0805. The molecule has 0 saturated heterocycles. The molecule has 3 nitrogen and oxygen atoms in total. The number of nitrogens with two attached hydrogens (primary N) is 1. The molecule has 90 valence electrons. The van der Waals surface area contributed by atoms with Gasteiger partial charge >= 0.3 is 0 Å². The average molecular weight is 254 g/mol. The van der Waals surface area contributed by atoms with Gasteiger partial charge in [0.1, 0.15) is 5.82 Å². The van der Waals surface area contributed by atoms with E-state index in [0.29, 0.717) is 0 Å². The van der Waals surface area contributed by atoms with Gasteiger partial charge in [0.2, 0.25) is 0 Å². The summed E-state index contributed by atoms with van der Waals surface area (Å²) in [5.74, 6) is -0.441. The molecule has 0 saturated carbocycles. The number of hydrogen-bond acceptors (Lipinski definition) is 2. The third-order valence-electron chi connectivity index (χ3n) is 2.48. The van der Waals surface area contributed by atoms with Crippen LogP contribution in [0.4, 0.5) is 4.39 Å². The van der Waals surface area contributed by atoms with Crippen molar-refractivity contribution in [2.75, 3.05) is 0 Å². The molecule has 0 aliphatic carbocycles. The Balaban J connectivity index is 2.54. The summed E-state index contributed by atoms with van der Waals surface area (Å²) >= 11 is 5.76. The Morgan fingerprint density at radius 1 is 1.41 bits per heavy atom. The fraction of sp³-hybridized carbons (Fsp3) is 0.250. The lowest BCUT2D eigenvalue weighted by Gasteiger charge is -2.20. The van der Waals surface area contributed by atoms with E-state index in [1.807, 2.05) is 13.8 Å². The molecular formula is C12H13ClFN3. The van der Waals surface area contributed by atoms with Crippen molar-refractivity contribution in [3.8, 4) is 5.69 Å². The van der Waals surface area contributed by atoms with Crippen LogP contribution in [-0.2, 0) is 5.54 Å². The van der Waals surface area contributed by atoms with Crippen molar-refractivity contribution in [3.63, 3.8) is 0 Å². The average Bonchev–Trinajstić information content (AvgIpc) is 2.70. The summed E-state index contributed by atoms with van der Waals surface area (Å²) in [4.78, 5) is 4.06. The van der Waals surface area contributed by atoms with Crippen LogP contribution >= 0.6 is 11.6 Å². The molecular weight excluding hydrogens is 241 g/mol. The fourth-order valence-corrected chi connectivity index (χ4v) is 1.79. The first-order valence-corrected chi connectivity index (χ1v) is 5.54. The standard InChI is InChI=1S/C12H13ClFN3/c1-12(2,15)11-6-16-7-17(11)8-3-4-10(14)9(13)5-8/h3-7H,15H2,1-2H3. The monoisotopic (exact) mass is 253 g/mol. The van der Waals surface area contributed by atoms with Crippen LogP contribution in [0, 0.1) is 5.82 Å². The molecule has 0 radical (unpaired) electrons. The lowest BCUT2D eigenvalue weighted by atomic mass is 10.0. The summed E-state index contributed by atoms with van der Waals surface area (Å²) in [7, 11) is 0. The van der Waals surface area contributed by atoms with Crippen LogP contribution in [0.15, 0.2) is 30.7 Å². The Labute approximate surface area is 104 Å². The third-order valence-corrected chi connectivity index (χ3v) is 2.77. The first-order valence-electron chi connectivity index (χ1n) is 5.17. The molecule has 0 bridgehead atoms. The molecule has 1 heterocycles. The molecule has 1 aromatic carbocycles. The molecule has 5 heteroatoms. The molecule has 0 amide bonds. The van der Waals surface area contributed by atoms with E-state index in [2.05, 4.69) is 4.98 Å². The van der Waals surface area contributed by atoms with Crippen LogP contribution in [0.25, 0.3) is 5.69 Å². The van der Waals surface area contributed by atoms with Crippen molar-refractivity contribution in [1.29, 1.82) is 0 Å². The predicted molar refractivity (Wildman–Crippen MR) is 65.7 cm³/mol. The van der Waals surface area contributed by atoms with Crippen LogP contribution in [0.3, 0.4) is 0 Å². The van der Waals surface area contributed by atoms with E-state index in [1.54, 1.807) is 29.2 Å². The van der Waals surface area contributed by atoms with E-state index in [9.17, 15) is 4.39 Å². The summed E-state index contributed by atoms with van der Waals surface area (Å²) in [6, 6.07) is 4.51. The van der Waals surface area contributed by atoms with E-state index in [0.717, 1.165) is 11.4 Å². The smallest absolute Gasteiger partial charge is 0.141 e. The Bertz CT molecular complexity index is 543. The maximum atomic E-state index is 13.1. The van der Waals surface area contributed by atoms with Crippen LogP contribution in [-0.4, -0.2) is 9.55 Å². The highest BCUT2D eigenvalue weighted by atomic mass is 35.5. The summed E-state index contributed by atoms with van der Waals surface area (Å²) in [6.07, 6.45) is 3.32. The third kappa shape index (κ3) is 2.33. The molecule has 0 fully saturated rings. The Morgan fingerprint density at radius 3 is 2.71 bits per heavy atom. The first kappa shape index (κ1) is 12.1. The van der Waals surface area contributed by atoms with Gasteiger partial charge in [0.25, 0.3) is 0 Å². The molecule has 1 aromatic heterocycles. The zero-order valence-electron chi connectivity index (χ0n) is 9.61. The Kier molecular flexibility index (Phi) is 2.93. The fourth-order valence-electron chi connectivity index (χ4n) is 1.61. The minimum Gasteiger partial charge on any atom is -0.321 e. The van der Waals surface area contributed by atoms with E-state index in [1.165, 1.54) is 6.07 Å². The zero-order valence-corrected chi connectivity index (χ0v) is 10.4. The van der Waals surface area contributed by atoms with Crippen LogP contribution in [0.2, 0.25) is 5.02 Å². The summed E-state index contributed by atoms with van der Waals surface area (Å²) in [5, 5.41) is 0.0805. The topological polar surface area (TPSA) is 43.8 Å². The van der Waals surface area contributed by atoms with E-state index >= 15 is 0 Å². The van der Waals surface area contributed by atoms with Gasteiger partial charge in [-0.2, -0.15) is 0 Å². The number of benzene rings is 1. The van der Waals surface area contributed by atoms with Gasteiger partial charge in [0.15, 0.2) is 0 Å². The summed E-state index contributed by atoms with van der Waals surface area (Å²) < 4.78 is 14.9. The molecule has 0 atom stereocenters. The lowest BCUT2D eigenvalue weighted by molar-refractivity contribution is 0.524. The Hall–Kier alpha value is -1.39. The molecule has 0 aliphatic heterocycles. The van der Waals surface area contributed by atoms with Crippen molar-refractivity contribution in [2.45, 2.75) is 19.4 Å². The van der Waals surface area contributed by atoms with Crippen molar-refractivity contribution in [1.82, 2.24) is 9.55 Å². The van der Waals surface area contributed by atoms with E-state index < -0.39 is 11.4 Å². The number of hydrogen-bond donors (Lipinski definition) is 1. The van der Waals surface area contributed by atoms with Crippen LogP contribution in [0.5, 0.6) is 0 Å². The highest BCUT2D eigenvalue weighted by molar-refractivity contribution is 6.30. The minimum atomic E-state index is -0.530. The Morgan fingerprint density at radius 2 is 2.12 bits per heavy atom. The number of aromatic nitrogens is 2.